The normalized spacial score (nSPS) is 18.3. The van der Waals surface area contributed by atoms with Gasteiger partial charge in [-0.3, -0.25) is 4.99 Å². The van der Waals surface area contributed by atoms with Gasteiger partial charge in [0.25, 0.3) is 0 Å². The van der Waals surface area contributed by atoms with E-state index in [0.29, 0.717) is 5.92 Å². The van der Waals surface area contributed by atoms with Gasteiger partial charge in [-0.05, 0) is 101 Å². The van der Waals surface area contributed by atoms with E-state index in [0.717, 1.165) is 47.6 Å². The van der Waals surface area contributed by atoms with Crippen LogP contribution in [-0.2, 0) is 6.42 Å². The van der Waals surface area contributed by atoms with Gasteiger partial charge in [-0.2, -0.15) is 0 Å². The molecule has 0 radical (unpaired) electrons. The molecule has 8 aromatic carbocycles. The van der Waals surface area contributed by atoms with Crippen LogP contribution >= 0.6 is 11.3 Å². The SMILES string of the molecule is c1ccc(C2CCCC(c3ccc4c(c3)sc3ccccc34)N=C3c4c(ccc5oc6ccccc6c45)-n4c5cc(ccc5c5cc6ccccc6cc54)CC32)cc1. The summed E-state index contributed by atoms with van der Waals surface area (Å²) in [4.78, 5) is 6.17. The van der Waals surface area contributed by atoms with Crippen molar-refractivity contribution in [2.45, 2.75) is 37.6 Å². The van der Waals surface area contributed by atoms with Gasteiger partial charge in [0.2, 0.25) is 0 Å². The number of rotatable bonds is 2. The predicted molar refractivity (Wildman–Crippen MR) is 244 cm³/mol. The quantitative estimate of drug-likeness (QED) is 0.172. The molecule has 0 aliphatic carbocycles. The number of thiophene rings is 1. The molecule has 3 atom stereocenters. The second kappa shape index (κ2) is 12.5. The Balaban J connectivity index is 1.16. The smallest absolute Gasteiger partial charge is 0.136 e. The number of furan rings is 1. The van der Waals surface area contributed by atoms with Crippen molar-refractivity contribution in [1.29, 1.82) is 0 Å². The summed E-state index contributed by atoms with van der Waals surface area (Å²) >= 11 is 1.90. The summed E-state index contributed by atoms with van der Waals surface area (Å²) < 4.78 is 12.0. The van der Waals surface area contributed by atoms with Crippen molar-refractivity contribution in [3.63, 3.8) is 0 Å². The molecule has 276 valence electrons. The van der Waals surface area contributed by atoms with Crippen molar-refractivity contribution in [3.8, 4) is 5.69 Å². The average Bonchev–Trinajstić information content (AvgIpc) is 3.93. The van der Waals surface area contributed by atoms with Gasteiger partial charge in [-0.15, -0.1) is 11.3 Å². The summed E-state index contributed by atoms with van der Waals surface area (Å²) in [6, 6.07) is 61.2. The summed E-state index contributed by atoms with van der Waals surface area (Å²) in [6.07, 6.45) is 4.08. The number of hydrogen-bond donors (Lipinski definition) is 0. The number of para-hydroxylation sites is 1. The lowest BCUT2D eigenvalue weighted by Crippen LogP contribution is -2.29. The molecule has 0 saturated carbocycles. The Bertz CT molecular complexity index is 3490. The number of fused-ring (bicyclic) bond motifs is 16. The van der Waals surface area contributed by atoms with E-state index >= 15 is 0 Å². The zero-order valence-corrected chi connectivity index (χ0v) is 32.7. The zero-order valence-electron chi connectivity index (χ0n) is 31.9. The third-order valence-electron chi connectivity index (χ3n) is 13.3. The monoisotopic (exact) mass is 762 g/mol. The molecule has 58 heavy (non-hydrogen) atoms. The van der Waals surface area contributed by atoms with Gasteiger partial charge in [0.15, 0.2) is 0 Å². The van der Waals surface area contributed by atoms with Gasteiger partial charge >= 0.3 is 0 Å². The summed E-state index contributed by atoms with van der Waals surface area (Å²) in [5.41, 5.74) is 11.9. The van der Waals surface area contributed by atoms with Gasteiger partial charge in [-0.1, -0.05) is 122 Å². The molecular formula is C54H38N2OS. The van der Waals surface area contributed by atoms with Crippen LogP contribution < -0.4 is 0 Å². The highest BCUT2D eigenvalue weighted by Crippen LogP contribution is 2.47. The summed E-state index contributed by atoms with van der Waals surface area (Å²) in [5.74, 6) is 0.423. The highest BCUT2D eigenvalue weighted by atomic mass is 32.1. The van der Waals surface area contributed by atoms with E-state index < -0.39 is 0 Å². The fourth-order valence-electron chi connectivity index (χ4n) is 10.7. The lowest BCUT2D eigenvalue weighted by molar-refractivity contribution is 0.442. The minimum absolute atomic E-state index is 0.0133. The molecule has 0 N–H and O–H groups in total. The van der Waals surface area contributed by atoms with Crippen LogP contribution in [0.1, 0.15) is 53.5 Å². The van der Waals surface area contributed by atoms with Crippen molar-refractivity contribution >= 4 is 91.7 Å². The number of nitrogens with zero attached hydrogens (tertiary/aromatic N) is 2. The fourth-order valence-corrected chi connectivity index (χ4v) is 11.8. The first-order valence-corrected chi connectivity index (χ1v) is 21.5. The van der Waals surface area contributed by atoms with Gasteiger partial charge in [0.05, 0.1) is 22.8 Å². The zero-order chi connectivity index (χ0) is 37.9. The summed E-state index contributed by atoms with van der Waals surface area (Å²) in [6.45, 7) is 0. The first-order valence-electron chi connectivity index (χ1n) is 20.7. The van der Waals surface area contributed by atoms with Crippen LogP contribution in [0.25, 0.3) is 80.4 Å². The number of benzene rings is 8. The Labute approximate surface area is 339 Å². The lowest BCUT2D eigenvalue weighted by atomic mass is 9.73. The van der Waals surface area contributed by atoms with Crippen LogP contribution in [0, 0.1) is 5.92 Å². The molecule has 0 amide bonds. The first-order chi connectivity index (χ1) is 28.7. The van der Waals surface area contributed by atoms with Crippen LogP contribution in [0.15, 0.2) is 173 Å². The number of hydrogen-bond acceptors (Lipinski definition) is 3. The molecule has 3 aromatic heterocycles. The van der Waals surface area contributed by atoms with Crippen molar-refractivity contribution in [3.05, 3.63) is 186 Å². The minimum atomic E-state index is 0.0133. The molecule has 0 fully saturated rings. The molecule has 0 spiro atoms. The van der Waals surface area contributed by atoms with Gasteiger partial charge < -0.3 is 8.98 Å². The van der Waals surface area contributed by atoms with Crippen LogP contribution in [-0.4, -0.2) is 10.3 Å². The van der Waals surface area contributed by atoms with E-state index in [9.17, 15) is 0 Å². The lowest BCUT2D eigenvalue weighted by Gasteiger charge is -2.34. The largest absolute Gasteiger partial charge is 0.456 e. The number of aliphatic imine (C=N–C) groups is 1. The molecule has 5 heterocycles. The number of aromatic nitrogens is 1. The fraction of sp³-hybridized carbons (Fsp3) is 0.130. The average molecular weight is 763 g/mol. The van der Waals surface area contributed by atoms with Crippen molar-refractivity contribution in [2.75, 3.05) is 0 Å². The van der Waals surface area contributed by atoms with E-state index in [4.69, 9.17) is 9.41 Å². The Kier molecular flexibility index (Phi) is 7.02. The van der Waals surface area contributed by atoms with Crippen molar-refractivity contribution < 1.29 is 4.42 Å². The maximum Gasteiger partial charge on any atom is 0.136 e. The third-order valence-corrected chi connectivity index (χ3v) is 14.4. The van der Waals surface area contributed by atoms with E-state index in [1.807, 2.05) is 11.3 Å². The molecular weight excluding hydrogens is 725 g/mol. The Morgan fingerprint density at radius 1 is 0.534 bits per heavy atom. The molecule has 2 bridgehead atoms. The molecule has 11 aromatic rings. The van der Waals surface area contributed by atoms with Crippen molar-refractivity contribution in [2.24, 2.45) is 10.9 Å². The topological polar surface area (TPSA) is 30.4 Å². The maximum atomic E-state index is 6.74. The van der Waals surface area contributed by atoms with Gasteiger partial charge in [0.1, 0.15) is 11.2 Å². The predicted octanol–water partition coefficient (Wildman–Crippen LogP) is 14.9. The highest BCUT2D eigenvalue weighted by molar-refractivity contribution is 7.25. The molecule has 2 aliphatic rings. The summed E-state index contributed by atoms with van der Waals surface area (Å²) in [7, 11) is 0. The van der Waals surface area contributed by atoms with E-state index in [2.05, 4.69) is 168 Å². The van der Waals surface area contributed by atoms with Crippen molar-refractivity contribution in [1.82, 2.24) is 4.57 Å². The minimum Gasteiger partial charge on any atom is -0.456 e. The van der Waals surface area contributed by atoms with E-state index in [1.54, 1.807) is 0 Å². The van der Waals surface area contributed by atoms with Crippen LogP contribution in [0.3, 0.4) is 0 Å². The van der Waals surface area contributed by atoms with Gasteiger partial charge in [0, 0.05) is 58.9 Å². The molecule has 13 rings (SSSR count). The highest BCUT2D eigenvalue weighted by Gasteiger charge is 2.36. The Hall–Kier alpha value is -6.49. The molecule has 4 heteroatoms. The maximum absolute atomic E-state index is 6.74. The second-order valence-electron chi connectivity index (χ2n) is 16.5. The molecule has 2 aliphatic heterocycles. The summed E-state index contributed by atoms with van der Waals surface area (Å²) in [5, 5.41) is 10.0. The molecule has 3 unspecified atom stereocenters. The van der Waals surface area contributed by atoms with E-state index in [-0.39, 0.29) is 12.0 Å². The van der Waals surface area contributed by atoms with Crippen LogP contribution in [0.4, 0.5) is 0 Å². The Morgan fingerprint density at radius 2 is 1.29 bits per heavy atom. The third kappa shape index (κ3) is 4.82. The van der Waals surface area contributed by atoms with Crippen LogP contribution in [0.2, 0.25) is 0 Å². The Morgan fingerprint density at radius 3 is 2.21 bits per heavy atom. The molecule has 0 saturated heterocycles. The van der Waals surface area contributed by atoms with E-state index in [1.165, 1.54) is 86.4 Å². The van der Waals surface area contributed by atoms with Crippen LogP contribution in [0.5, 0.6) is 0 Å². The second-order valence-corrected chi connectivity index (χ2v) is 17.6. The molecule has 3 nitrogen and oxygen atoms in total. The standard InChI is InChI=1S/C54H38N2OS/c1-2-11-33(12-3-1)37-17-10-18-44(36-22-24-40-39-15-7-9-20-50(39)58-51(40)31-36)55-54-43(37)27-32-21-23-38-42-29-34-13-4-5-14-35(34)30-47(42)56(46(38)28-32)45-25-26-49-52(53(45)54)41-16-6-8-19-48(41)57-49/h1-9,11-16,19-26,28-31,37,43-44H,10,17-18,27H2. The van der Waals surface area contributed by atoms with Gasteiger partial charge in [-0.25, -0.2) is 0 Å². The first kappa shape index (κ1) is 32.6.